The van der Waals surface area contributed by atoms with Crippen LogP contribution in [0.1, 0.15) is 31.4 Å². The quantitative estimate of drug-likeness (QED) is 0.425. The van der Waals surface area contributed by atoms with E-state index in [1.807, 2.05) is 54.9 Å². The molecule has 5 rings (SSSR count). The predicted octanol–water partition coefficient (Wildman–Crippen LogP) is 5.38. The minimum absolute atomic E-state index is 0.265. The molecule has 0 radical (unpaired) electrons. The van der Waals surface area contributed by atoms with E-state index in [-0.39, 0.29) is 6.10 Å². The van der Waals surface area contributed by atoms with Crippen molar-refractivity contribution >= 4 is 10.8 Å². The molecular weight excluding hydrogens is 402 g/mol. The molecule has 2 aromatic carbocycles. The lowest BCUT2D eigenvalue weighted by molar-refractivity contribution is 0.139. The summed E-state index contributed by atoms with van der Waals surface area (Å²) in [4.78, 5) is 4.17. The second kappa shape index (κ2) is 9.40. The number of hydrogen-bond donors (Lipinski definition) is 1. The molecule has 1 N–H and O–H groups in total. The van der Waals surface area contributed by atoms with E-state index in [1.165, 1.54) is 0 Å². The Bertz CT molecular complexity index is 1160. The molecule has 0 aliphatic heterocycles. The number of benzene rings is 2. The summed E-state index contributed by atoms with van der Waals surface area (Å²) in [5.74, 6) is 2.54. The largest absolute Gasteiger partial charge is 0.497 e. The third kappa shape index (κ3) is 4.75. The summed E-state index contributed by atoms with van der Waals surface area (Å²) < 4.78 is 17.0. The van der Waals surface area contributed by atoms with Gasteiger partial charge in [0.15, 0.2) is 5.76 Å². The van der Waals surface area contributed by atoms with Crippen LogP contribution in [0.3, 0.4) is 0 Å². The van der Waals surface area contributed by atoms with Gasteiger partial charge in [-0.1, -0.05) is 5.16 Å². The van der Waals surface area contributed by atoms with Crippen LogP contribution in [0.15, 0.2) is 71.5 Å². The summed E-state index contributed by atoms with van der Waals surface area (Å²) in [5.41, 5.74) is 1.91. The van der Waals surface area contributed by atoms with Gasteiger partial charge in [0.05, 0.1) is 18.9 Å². The molecule has 1 fully saturated rings. The number of nitrogens with zero attached hydrogens (tertiary/aromatic N) is 2. The molecule has 164 valence electrons. The van der Waals surface area contributed by atoms with Crippen LogP contribution in [-0.2, 0) is 6.54 Å². The maximum Gasteiger partial charge on any atom is 0.167 e. The number of nitrogens with one attached hydrogen (secondary N) is 1. The van der Waals surface area contributed by atoms with Crippen molar-refractivity contribution in [3.8, 4) is 22.8 Å². The average Bonchev–Trinajstić information content (AvgIpc) is 3.33. The topological polar surface area (TPSA) is 69.4 Å². The van der Waals surface area contributed by atoms with Crippen LogP contribution in [0, 0.1) is 0 Å². The van der Waals surface area contributed by atoms with Crippen molar-refractivity contribution in [2.24, 2.45) is 0 Å². The van der Waals surface area contributed by atoms with Crippen LogP contribution in [0.25, 0.3) is 22.1 Å². The van der Waals surface area contributed by atoms with Crippen LogP contribution in [0.2, 0.25) is 0 Å². The standard InChI is InChI=1S/C26H27N3O3/c1-30-23-7-2-18(3-8-23)26-15-22(29-32-26)17-28-21-5-10-24(11-6-21)31-25-9-4-20-16-27-13-12-19(20)14-25/h2-4,7-9,12-16,21,24,28H,5-6,10-11,17H2,1H3. The smallest absolute Gasteiger partial charge is 0.167 e. The fourth-order valence-corrected chi connectivity index (χ4v) is 4.25. The van der Waals surface area contributed by atoms with Crippen LogP contribution in [0.5, 0.6) is 11.5 Å². The van der Waals surface area contributed by atoms with E-state index in [0.717, 1.165) is 65.0 Å². The van der Waals surface area contributed by atoms with E-state index >= 15 is 0 Å². The van der Waals surface area contributed by atoms with Crippen molar-refractivity contribution in [3.05, 3.63) is 72.7 Å². The van der Waals surface area contributed by atoms with Gasteiger partial charge in [0, 0.05) is 42.0 Å². The number of fused-ring (bicyclic) bond motifs is 1. The van der Waals surface area contributed by atoms with Gasteiger partial charge in [-0.3, -0.25) is 4.98 Å². The summed E-state index contributed by atoms with van der Waals surface area (Å²) in [6.45, 7) is 0.703. The minimum atomic E-state index is 0.265. The highest BCUT2D eigenvalue weighted by Gasteiger charge is 2.22. The molecule has 1 aliphatic carbocycles. The molecule has 0 amide bonds. The highest BCUT2D eigenvalue weighted by molar-refractivity contribution is 5.82. The van der Waals surface area contributed by atoms with Crippen LogP contribution in [-0.4, -0.2) is 29.4 Å². The van der Waals surface area contributed by atoms with Crippen LogP contribution < -0.4 is 14.8 Å². The molecule has 0 spiro atoms. The number of methoxy groups -OCH3 is 1. The number of rotatable bonds is 7. The second-order valence-corrected chi connectivity index (χ2v) is 8.27. The third-order valence-corrected chi connectivity index (χ3v) is 6.09. The maximum absolute atomic E-state index is 6.26. The number of hydrogen-bond acceptors (Lipinski definition) is 6. The zero-order valence-electron chi connectivity index (χ0n) is 18.2. The average molecular weight is 430 g/mol. The highest BCUT2D eigenvalue weighted by atomic mass is 16.5. The fourth-order valence-electron chi connectivity index (χ4n) is 4.25. The summed E-state index contributed by atoms with van der Waals surface area (Å²) in [6, 6.07) is 18.5. The van der Waals surface area contributed by atoms with E-state index < -0.39 is 0 Å². The Kier molecular flexibility index (Phi) is 6.03. The molecule has 4 aromatic rings. The number of ether oxygens (including phenoxy) is 2. The summed E-state index contributed by atoms with van der Waals surface area (Å²) in [7, 11) is 1.66. The second-order valence-electron chi connectivity index (χ2n) is 8.27. The van der Waals surface area contributed by atoms with E-state index in [4.69, 9.17) is 14.0 Å². The van der Waals surface area contributed by atoms with Gasteiger partial charge < -0.3 is 19.3 Å². The molecule has 0 saturated heterocycles. The molecule has 0 atom stereocenters. The molecule has 1 aliphatic rings. The summed E-state index contributed by atoms with van der Waals surface area (Å²) in [5, 5.41) is 10.1. The molecule has 0 bridgehead atoms. The molecule has 6 heteroatoms. The van der Waals surface area contributed by atoms with E-state index in [2.05, 4.69) is 27.6 Å². The lowest BCUT2D eigenvalue weighted by Gasteiger charge is -2.29. The van der Waals surface area contributed by atoms with Gasteiger partial charge >= 0.3 is 0 Å². The van der Waals surface area contributed by atoms with Gasteiger partial charge in [-0.05, 0) is 79.6 Å². The Hall–Kier alpha value is -3.38. The third-order valence-electron chi connectivity index (χ3n) is 6.09. The van der Waals surface area contributed by atoms with Gasteiger partial charge in [0.1, 0.15) is 11.5 Å². The monoisotopic (exact) mass is 429 g/mol. The van der Waals surface area contributed by atoms with Crippen molar-refractivity contribution in [2.75, 3.05) is 7.11 Å². The Labute approximate surface area is 187 Å². The first-order chi connectivity index (χ1) is 15.8. The van der Waals surface area contributed by atoms with Crippen molar-refractivity contribution < 1.29 is 14.0 Å². The maximum atomic E-state index is 6.26. The highest BCUT2D eigenvalue weighted by Crippen LogP contribution is 2.27. The predicted molar refractivity (Wildman–Crippen MR) is 124 cm³/mol. The van der Waals surface area contributed by atoms with Gasteiger partial charge in [-0.2, -0.15) is 0 Å². The number of aromatic nitrogens is 2. The Morgan fingerprint density at radius 2 is 1.75 bits per heavy atom. The molecular formula is C26H27N3O3. The van der Waals surface area contributed by atoms with E-state index in [9.17, 15) is 0 Å². The SMILES string of the molecule is COc1ccc(-c2cc(CNC3CCC(Oc4ccc5cnccc5c4)CC3)no2)cc1. The number of pyridine rings is 1. The van der Waals surface area contributed by atoms with Crippen LogP contribution in [0.4, 0.5) is 0 Å². The van der Waals surface area contributed by atoms with Gasteiger partial charge in [0.25, 0.3) is 0 Å². The molecule has 32 heavy (non-hydrogen) atoms. The fraction of sp³-hybridized carbons (Fsp3) is 0.308. The molecule has 1 saturated carbocycles. The van der Waals surface area contributed by atoms with Crippen molar-refractivity contribution in [3.63, 3.8) is 0 Å². The molecule has 2 heterocycles. The normalized spacial score (nSPS) is 18.5. The zero-order valence-corrected chi connectivity index (χ0v) is 18.2. The zero-order chi connectivity index (χ0) is 21.8. The molecule has 2 aromatic heterocycles. The van der Waals surface area contributed by atoms with Crippen molar-refractivity contribution in [1.29, 1.82) is 0 Å². The first kappa shape index (κ1) is 20.5. The van der Waals surface area contributed by atoms with Gasteiger partial charge in [-0.25, -0.2) is 0 Å². The van der Waals surface area contributed by atoms with Crippen LogP contribution >= 0.6 is 0 Å². The van der Waals surface area contributed by atoms with Gasteiger partial charge in [0.2, 0.25) is 0 Å². The Morgan fingerprint density at radius 3 is 2.56 bits per heavy atom. The lowest BCUT2D eigenvalue weighted by atomic mass is 9.93. The Balaban J connectivity index is 1.10. The first-order valence-electron chi connectivity index (χ1n) is 11.1. The van der Waals surface area contributed by atoms with Crippen molar-refractivity contribution in [1.82, 2.24) is 15.5 Å². The van der Waals surface area contributed by atoms with E-state index in [0.29, 0.717) is 12.6 Å². The molecule has 0 unspecified atom stereocenters. The van der Waals surface area contributed by atoms with E-state index in [1.54, 1.807) is 7.11 Å². The summed E-state index contributed by atoms with van der Waals surface area (Å²) in [6.07, 6.45) is 8.23. The summed E-state index contributed by atoms with van der Waals surface area (Å²) >= 11 is 0. The minimum Gasteiger partial charge on any atom is -0.497 e. The van der Waals surface area contributed by atoms with Crippen molar-refractivity contribution in [2.45, 2.75) is 44.4 Å². The first-order valence-corrected chi connectivity index (χ1v) is 11.1. The molecule has 6 nitrogen and oxygen atoms in total. The van der Waals surface area contributed by atoms with Gasteiger partial charge in [-0.15, -0.1) is 0 Å². The lowest BCUT2D eigenvalue weighted by Crippen LogP contribution is -2.36. The Morgan fingerprint density at radius 1 is 0.938 bits per heavy atom.